The Bertz CT molecular complexity index is 378. The molecule has 0 aliphatic carbocycles. The second kappa shape index (κ2) is 3.69. The highest BCUT2D eigenvalue weighted by Gasteiger charge is 2.52. The molecule has 0 spiro atoms. The lowest BCUT2D eigenvalue weighted by molar-refractivity contribution is 0.00578. The zero-order chi connectivity index (χ0) is 12.0. The van der Waals surface area contributed by atoms with E-state index in [4.69, 9.17) is 20.9 Å². The molecule has 6 heteroatoms. The van der Waals surface area contributed by atoms with E-state index in [0.717, 1.165) is 0 Å². The zero-order valence-electron chi connectivity index (χ0n) is 9.82. The van der Waals surface area contributed by atoms with E-state index >= 15 is 0 Å². The van der Waals surface area contributed by atoms with E-state index < -0.39 is 7.12 Å². The molecule has 0 radical (unpaired) electrons. The first-order valence-electron chi connectivity index (χ1n) is 5.15. The van der Waals surface area contributed by atoms with Gasteiger partial charge in [-0.1, -0.05) is 11.6 Å². The van der Waals surface area contributed by atoms with E-state index in [0.29, 0.717) is 10.7 Å². The van der Waals surface area contributed by atoms with Crippen molar-refractivity contribution in [2.24, 2.45) is 0 Å². The van der Waals surface area contributed by atoms with Gasteiger partial charge in [0.15, 0.2) is 0 Å². The van der Waals surface area contributed by atoms with Crippen molar-refractivity contribution in [1.82, 2.24) is 9.97 Å². The van der Waals surface area contributed by atoms with Crippen molar-refractivity contribution in [2.45, 2.75) is 38.9 Å². The SMILES string of the molecule is CC1(C)OB(c2cnc(Cl)cn2)OC1(C)C. The van der Waals surface area contributed by atoms with Crippen LogP contribution in [0.1, 0.15) is 27.7 Å². The smallest absolute Gasteiger partial charge is 0.398 e. The maximum Gasteiger partial charge on any atom is 0.516 e. The summed E-state index contributed by atoms with van der Waals surface area (Å²) in [5.41, 5.74) is -0.0825. The van der Waals surface area contributed by atoms with Crippen LogP contribution >= 0.6 is 11.6 Å². The summed E-state index contributed by atoms with van der Waals surface area (Å²) in [7, 11) is -0.477. The zero-order valence-corrected chi connectivity index (χ0v) is 10.6. The van der Waals surface area contributed by atoms with Crippen LogP contribution in [0.5, 0.6) is 0 Å². The summed E-state index contributed by atoms with van der Waals surface area (Å²) in [6.45, 7) is 7.99. The standard InChI is InChI=1S/C10H14BClN2O2/c1-9(2)10(3,4)16-11(15-9)7-5-14-8(12)6-13-7/h5-6H,1-4H3. The van der Waals surface area contributed by atoms with Crippen molar-refractivity contribution in [3.63, 3.8) is 0 Å². The van der Waals surface area contributed by atoms with E-state index in [2.05, 4.69) is 9.97 Å². The molecule has 2 heterocycles. The topological polar surface area (TPSA) is 44.2 Å². The first-order valence-corrected chi connectivity index (χ1v) is 5.53. The minimum Gasteiger partial charge on any atom is -0.398 e. The van der Waals surface area contributed by atoms with Gasteiger partial charge < -0.3 is 9.31 Å². The van der Waals surface area contributed by atoms with Crippen LogP contribution in [-0.4, -0.2) is 28.3 Å². The van der Waals surface area contributed by atoms with Gasteiger partial charge in [0.2, 0.25) is 0 Å². The molecule has 0 aromatic carbocycles. The molecule has 0 atom stereocenters. The molecule has 0 N–H and O–H groups in total. The summed E-state index contributed by atoms with van der Waals surface area (Å²) in [4.78, 5) is 8.11. The molecule has 86 valence electrons. The maximum atomic E-state index is 5.82. The van der Waals surface area contributed by atoms with Crippen LogP contribution < -0.4 is 5.59 Å². The molecule has 0 saturated carbocycles. The highest BCUT2D eigenvalue weighted by Crippen LogP contribution is 2.36. The van der Waals surface area contributed by atoms with Crippen LogP contribution in [0.3, 0.4) is 0 Å². The Morgan fingerprint density at radius 1 is 1.06 bits per heavy atom. The Kier molecular flexibility index (Phi) is 2.73. The lowest BCUT2D eigenvalue weighted by Gasteiger charge is -2.32. The molecular weight excluding hydrogens is 226 g/mol. The van der Waals surface area contributed by atoms with Gasteiger partial charge in [0.25, 0.3) is 0 Å². The summed E-state index contributed by atoms with van der Waals surface area (Å²) in [5, 5.41) is 0.361. The summed E-state index contributed by atoms with van der Waals surface area (Å²) >= 11 is 5.68. The molecule has 4 nitrogen and oxygen atoms in total. The molecule has 16 heavy (non-hydrogen) atoms. The second-order valence-electron chi connectivity index (χ2n) is 4.85. The molecule has 0 bridgehead atoms. The first kappa shape index (κ1) is 11.8. The molecule has 1 fully saturated rings. The second-order valence-corrected chi connectivity index (χ2v) is 5.24. The van der Waals surface area contributed by atoms with Gasteiger partial charge in [-0.3, -0.25) is 4.98 Å². The van der Waals surface area contributed by atoms with Crippen molar-refractivity contribution >= 4 is 24.3 Å². The summed E-state index contributed by atoms with van der Waals surface area (Å²) in [5.74, 6) is 0. The van der Waals surface area contributed by atoms with Crippen molar-refractivity contribution in [3.8, 4) is 0 Å². The number of halogens is 1. The Morgan fingerprint density at radius 3 is 2.06 bits per heavy atom. The van der Waals surface area contributed by atoms with E-state index in [1.807, 2.05) is 27.7 Å². The number of rotatable bonds is 1. The van der Waals surface area contributed by atoms with Crippen molar-refractivity contribution < 1.29 is 9.31 Å². The van der Waals surface area contributed by atoms with Gasteiger partial charge in [0, 0.05) is 6.20 Å². The van der Waals surface area contributed by atoms with Crippen LogP contribution in [0, 0.1) is 0 Å². The fraction of sp³-hybridized carbons (Fsp3) is 0.600. The molecule has 1 aromatic heterocycles. The Morgan fingerprint density at radius 2 is 1.62 bits per heavy atom. The van der Waals surface area contributed by atoms with Crippen molar-refractivity contribution in [3.05, 3.63) is 17.5 Å². The van der Waals surface area contributed by atoms with Gasteiger partial charge in [-0.15, -0.1) is 0 Å². The Balaban J connectivity index is 2.23. The minimum atomic E-state index is -0.477. The van der Waals surface area contributed by atoms with Crippen LogP contribution in [-0.2, 0) is 9.31 Å². The Hall–Kier alpha value is -0.645. The van der Waals surface area contributed by atoms with Crippen molar-refractivity contribution in [2.75, 3.05) is 0 Å². The molecule has 1 saturated heterocycles. The minimum absolute atomic E-state index is 0.361. The number of nitrogens with zero attached hydrogens (tertiary/aromatic N) is 2. The van der Waals surface area contributed by atoms with E-state index in [9.17, 15) is 0 Å². The van der Waals surface area contributed by atoms with Gasteiger partial charge in [-0.25, -0.2) is 4.98 Å². The number of aromatic nitrogens is 2. The van der Waals surface area contributed by atoms with Crippen LogP contribution in [0.25, 0.3) is 0 Å². The predicted molar refractivity (Wildman–Crippen MR) is 62.8 cm³/mol. The predicted octanol–water partition coefficient (Wildman–Crippen LogP) is 1.43. The molecule has 0 unspecified atom stereocenters. The third kappa shape index (κ3) is 1.95. The highest BCUT2D eigenvalue weighted by atomic mass is 35.5. The van der Waals surface area contributed by atoms with Gasteiger partial charge in [0.1, 0.15) is 5.15 Å². The third-order valence-electron chi connectivity index (χ3n) is 3.14. The monoisotopic (exact) mass is 240 g/mol. The molecular formula is C10H14BClN2O2. The third-order valence-corrected chi connectivity index (χ3v) is 3.33. The normalized spacial score (nSPS) is 22.4. The summed E-state index contributed by atoms with van der Waals surface area (Å²) < 4.78 is 11.6. The fourth-order valence-corrected chi connectivity index (χ4v) is 1.51. The van der Waals surface area contributed by atoms with Crippen LogP contribution in [0.15, 0.2) is 12.4 Å². The lowest BCUT2D eigenvalue weighted by Crippen LogP contribution is -2.41. The molecule has 1 aliphatic rings. The van der Waals surface area contributed by atoms with Gasteiger partial charge in [-0.05, 0) is 27.7 Å². The van der Waals surface area contributed by atoms with Gasteiger partial charge in [0.05, 0.1) is 23.0 Å². The van der Waals surface area contributed by atoms with Gasteiger partial charge >= 0.3 is 7.12 Å². The fourth-order valence-electron chi connectivity index (χ4n) is 1.41. The average Bonchev–Trinajstić information content (AvgIpc) is 2.37. The van der Waals surface area contributed by atoms with Crippen LogP contribution in [0.4, 0.5) is 0 Å². The first-order chi connectivity index (χ1) is 7.32. The number of hydrogen-bond acceptors (Lipinski definition) is 4. The maximum absolute atomic E-state index is 5.82. The molecule has 0 amide bonds. The highest BCUT2D eigenvalue weighted by molar-refractivity contribution is 6.61. The van der Waals surface area contributed by atoms with E-state index in [1.54, 1.807) is 6.20 Å². The largest absolute Gasteiger partial charge is 0.516 e. The van der Waals surface area contributed by atoms with E-state index in [1.165, 1.54) is 6.20 Å². The average molecular weight is 240 g/mol. The molecule has 1 aromatic rings. The van der Waals surface area contributed by atoms with E-state index in [-0.39, 0.29) is 11.2 Å². The number of hydrogen-bond donors (Lipinski definition) is 0. The quantitative estimate of drug-likeness (QED) is 0.697. The molecule has 2 rings (SSSR count). The summed E-state index contributed by atoms with van der Waals surface area (Å²) in [6, 6.07) is 0. The van der Waals surface area contributed by atoms with Gasteiger partial charge in [-0.2, -0.15) is 0 Å². The van der Waals surface area contributed by atoms with Crippen LogP contribution in [0.2, 0.25) is 5.15 Å². The molecule has 1 aliphatic heterocycles. The summed E-state index contributed by atoms with van der Waals surface area (Å²) in [6.07, 6.45) is 3.06. The Labute approximate surface area is 100 Å². The lowest BCUT2D eigenvalue weighted by atomic mass is 9.85. The van der Waals surface area contributed by atoms with Crippen molar-refractivity contribution in [1.29, 1.82) is 0 Å².